The Morgan fingerprint density at radius 2 is 1.91 bits per heavy atom. The van der Waals surface area contributed by atoms with Gasteiger partial charge in [0, 0.05) is 13.0 Å². The highest BCUT2D eigenvalue weighted by molar-refractivity contribution is 5.92. The van der Waals surface area contributed by atoms with Gasteiger partial charge in [-0.25, -0.2) is 4.79 Å². The van der Waals surface area contributed by atoms with Gasteiger partial charge in [-0.3, -0.25) is 14.4 Å². The van der Waals surface area contributed by atoms with E-state index in [2.05, 4.69) is 5.32 Å². The zero-order valence-electron chi connectivity index (χ0n) is 12.5. The first-order valence-electron chi connectivity index (χ1n) is 7.19. The van der Waals surface area contributed by atoms with Crippen LogP contribution in [0.15, 0.2) is 0 Å². The van der Waals surface area contributed by atoms with E-state index in [0.29, 0.717) is 12.8 Å². The summed E-state index contributed by atoms with van der Waals surface area (Å²) in [5.41, 5.74) is 5.52. The molecule has 0 radical (unpaired) electrons. The van der Waals surface area contributed by atoms with Crippen molar-refractivity contribution in [2.24, 2.45) is 5.73 Å². The van der Waals surface area contributed by atoms with Gasteiger partial charge in [0.2, 0.25) is 11.8 Å². The molecule has 2 amide bonds. The fourth-order valence-corrected chi connectivity index (χ4v) is 2.36. The van der Waals surface area contributed by atoms with Gasteiger partial charge in [-0.15, -0.1) is 0 Å². The van der Waals surface area contributed by atoms with Crippen molar-refractivity contribution in [1.29, 1.82) is 0 Å². The zero-order valence-corrected chi connectivity index (χ0v) is 12.5. The lowest BCUT2D eigenvalue weighted by atomic mass is 10.1. The van der Waals surface area contributed by atoms with Crippen LogP contribution in [0, 0.1) is 0 Å². The maximum atomic E-state index is 12.3. The van der Waals surface area contributed by atoms with Crippen molar-refractivity contribution in [2.75, 3.05) is 13.2 Å². The Morgan fingerprint density at radius 3 is 2.43 bits per heavy atom. The molecule has 3 atom stereocenters. The van der Waals surface area contributed by atoms with Gasteiger partial charge < -0.3 is 31.3 Å². The number of nitrogens with zero attached hydrogens (tertiary/aromatic N) is 1. The lowest BCUT2D eigenvalue weighted by Crippen LogP contribution is -2.55. The largest absolute Gasteiger partial charge is 0.481 e. The van der Waals surface area contributed by atoms with Crippen molar-refractivity contribution >= 4 is 23.8 Å². The topological polar surface area (TPSA) is 170 Å². The van der Waals surface area contributed by atoms with Crippen LogP contribution in [-0.4, -0.2) is 75.2 Å². The minimum absolute atomic E-state index is 0.116. The fourth-order valence-electron chi connectivity index (χ4n) is 2.36. The molecule has 1 aliphatic heterocycles. The van der Waals surface area contributed by atoms with E-state index in [9.17, 15) is 24.3 Å². The Kier molecular flexibility index (Phi) is 6.91. The Hall–Kier alpha value is -2.20. The molecule has 6 N–H and O–H groups in total. The van der Waals surface area contributed by atoms with Crippen molar-refractivity contribution in [1.82, 2.24) is 10.2 Å². The third-order valence-corrected chi connectivity index (χ3v) is 3.62. The lowest BCUT2D eigenvalue weighted by molar-refractivity contribution is -0.149. The summed E-state index contributed by atoms with van der Waals surface area (Å²) in [5.74, 6) is -3.72. The summed E-state index contributed by atoms with van der Waals surface area (Å²) in [6, 6.07) is -3.42. The van der Waals surface area contributed by atoms with Crippen molar-refractivity contribution < 1.29 is 34.5 Å². The Bertz CT molecular complexity index is 482. The molecule has 0 saturated carbocycles. The van der Waals surface area contributed by atoms with Crippen molar-refractivity contribution in [3.63, 3.8) is 0 Å². The normalized spacial score (nSPS) is 19.9. The van der Waals surface area contributed by atoms with Gasteiger partial charge in [-0.1, -0.05) is 0 Å². The average molecular weight is 331 g/mol. The highest BCUT2D eigenvalue weighted by Gasteiger charge is 2.37. The molecule has 0 aromatic rings. The number of aliphatic hydroxyl groups excluding tert-OH is 1. The highest BCUT2D eigenvalue weighted by Crippen LogP contribution is 2.18. The van der Waals surface area contributed by atoms with Gasteiger partial charge in [-0.05, 0) is 19.3 Å². The standard InChI is InChI=1S/C13H21N3O7/c14-7(3-4-10(18)19)11(20)15-8(6-17)12(21)16-5-1-2-9(16)13(22)23/h7-9,17H,1-6,14H2,(H,15,20)(H,18,19)(H,22,23). The molecule has 1 fully saturated rings. The first-order valence-corrected chi connectivity index (χ1v) is 7.19. The minimum atomic E-state index is -1.31. The van der Waals surface area contributed by atoms with Crippen LogP contribution in [-0.2, 0) is 19.2 Å². The van der Waals surface area contributed by atoms with E-state index >= 15 is 0 Å². The number of nitrogens with two attached hydrogens (primary N) is 1. The number of carboxylic acids is 2. The van der Waals surface area contributed by atoms with Gasteiger partial charge >= 0.3 is 11.9 Å². The number of hydrogen-bond acceptors (Lipinski definition) is 6. The number of rotatable bonds is 8. The van der Waals surface area contributed by atoms with E-state index in [1.807, 2.05) is 0 Å². The third kappa shape index (κ3) is 5.18. The fraction of sp³-hybridized carbons (Fsp3) is 0.692. The van der Waals surface area contributed by atoms with Gasteiger partial charge in [0.15, 0.2) is 0 Å². The molecule has 0 bridgehead atoms. The van der Waals surface area contributed by atoms with Gasteiger partial charge in [0.25, 0.3) is 0 Å². The molecule has 0 aliphatic carbocycles. The molecule has 10 nitrogen and oxygen atoms in total. The molecule has 0 aromatic carbocycles. The molecular formula is C13H21N3O7. The average Bonchev–Trinajstić information content (AvgIpc) is 2.98. The number of nitrogens with one attached hydrogen (secondary N) is 1. The van der Waals surface area contributed by atoms with Crippen molar-refractivity contribution in [2.45, 2.75) is 43.8 Å². The van der Waals surface area contributed by atoms with Gasteiger partial charge in [-0.2, -0.15) is 0 Å². The van der Waals surface area contributed by atoms with E-state index < -0.39 is 48.5 Å². The summed E-state index contributed by atoms with van der Waals surface area (Å²) in [4.78, 5) is 46.7. The van der Waals surface area contributed by atoms with E-state index in [4.69, 9.17) is 15.9 Å². The van der Waals surface area contributed by atoms with Crippen LogP contribution in [0.4, 0.5) is 0 Å². The quantitative estimate of drug-likeness (QED) is 0.331. The summed E-state index contributed by atoms with van der Waals surface area (Å²) < 4.78 is 0. The maximum absolute atomic E-state index is 12.3. The van der Waals surface area contributed by atoms with Crippen LogP contribution in [0.25, 0.3) is 0 Å². The van der Waals surface area contributed by atoms with Crippen LogP contribution in [0.3, 0.4) is 0 Å². The lowest BCUT2D eigenvalue weighted by Gasteiger charge is -2.27. The number of hydrogen-bond donors (Lipinski definition) is 5. The van der Waals surface area contributed by atoms with Crippen LogP contribution in [0.1, 0.15) is 25.7 Å². The van der Waals surface area contributed by atoms with E-state index in [0.717, 1.165) is 4.90 Å². The smallest absolute Gasteiger partial charge is 0.326 e. The zero-order chi connectivity index (χ0) is 17.6. The van der Waals surface area contributed by atoms with Crippen molar-refractivity contribution in [3.05, 3.63) is 0 Å². The Morgan fingerprint density at radius 1 is 1.26 bits per heavy atom. The number of likely N-dealkylation sites (tertiary alicyclic amines) is 1. The maximum Gasteiger partial charge on any atom is 0.326 e. The van der Waals surface area contributed by atoms with Gasteiger partial charge in [0.05, 0.1) is 12.6 Å². The highest BCUT2D eigenvalue weighted by atomic mass is 16.4. The number of carbonyl (C=O) groups excluding carboxylic acids is 2. The molecule has 3 unspecified atom stereocenters. The Labute approximate surface area is 132 Å². The second kappa shape index (κ2) is 8.44. The van der Waals surface area contributed by atoms with E-state index in [1.54, 1.807) is 0 Å². The molecule has 1 aliphatic rings. The van der Waals surface area contributed by atoms with Crippen LogP contribution < -0.4 is 11.1 Å². The molecule has 1 rings (SSSR count). The van der Waals surface area contributed by atoms with Crippen LogP contribution in [0.5, 0.6) is 0 Å². The number of carbonyl (C=O) groups is 4. The van der Waals surface area contributed by atoms with Crippen molar-refractivity contribution in [3.8, 4) is 0 Å². The third-order valence-electron chi connectivity index (χ3n) is 3.62. The number of carboxylic acid groups (broad SMARTS) is 2. The number of aliphatic carboxylic acids is 2. The van der Waals surface area contributed by atoms with E-state index in [-0.39, 0.29) is 19.4 Å². The second-order valence-corrected chi connectivity index (χ2v) is 5.31. The summed E-state index contributed by atoms with van der Waals surface area (Å²) in [6.45, 7) is -0.480. The summed E-state index contributed by atoms with van der Waals surface area (Å²) >= 11 is 0. The molecule has 1 saturated heterocycles. The monoisotopic (exact) mass is 331 g/mol. The first-order chi connectivity index (χ1) is 10.8. The molecular weight excluding hydrogens is 310 g/mol. The summed E-state index contributed by atoms with van der Waals surface area (Å²) in [5, 5.41) is 29.1. The molecule has 1 heterocycles. The van der Waals surface area contributed by atoms with Crippen LogP contribution >= 0.6 is 0 Å². The van der Waals surface area contributed by atoms with E-state index in [1.165, 1.54) is 0 Å². The SMILES string of the molecule is NC(CCC(=O)O)C(=O)NC(CO)C(=O)N1CCCC1C(=O)O. The minimum Gasteiger partial charge on any atom is -0.481 e. The molecule has 10 heteroatoms. The van der Waals surface area contributed by atoms with Crippen LogP contribution in [0.2, 0.25) is 0 Å². The number of amides is 2. The predicted octanol–water partition coefficient (Wildman–Crippen LogP) is -2.27. The first kappa shape index (κ1) is 18.8. The predicted molar refractivity (Wildman–Crippen MR) is 76.2 cm³/mol. The second-order valence-electron chi connectivity index (χ2n) is 5.31. The van der Waals surface area contributed by atoms with Gasteiger partial charge in [0.1, 0.15) is 12.1 Å². The molecule has 0 spiro atoms. The summed E-state index contributed by atoms with van der Waals surface area (Å²) in [7, 11) is 0. The number of aliphatic hydroxyl groups is 1. The Balaban J connectivity index is 2.65. The summed E-state index contributed by atoms with van der Waals surface area (Å²) in [6.07, 6.45) is 0.409. The molecule has 130 valence electrons. The molecule has 23 heavy (non-hydrogen) atoms. The molecule has 0 aromatic heterocycles.